The number of rotatable bonds is 2. The average Bonchev–Trinajstić information content (AvgIpc) is 2.82. The summed E-state index contributed by atoms with van der Waals surface area (Å²) in [5.41, 5.74) is 3.27. The summed E-state index contributed by atoms with van der Waals surface area (Å²) in [6.07, 6.45) is 5.27. The summed E-state index contributed by atoms with van der Waals surface area (Å²) < 4.78 is 12.4. The lowest BCUT2D eigenvalue weighted by atomic mass is 9.78. The van der Waals surface area contributed by atoms with E-state index in [2.05, 4.69) is 48.9 Å². The van der Waals surface area contributed by atoms with Crippen LogP contribution in [-0.2, 0) is 9.31 Å². The normalized spacial score (nSPS) is 18.6. The Morgan fingerprint density at radius 2 is 1.64 bits per heavy atom. The summed E-state index contributed by atoms with van der Waals surface area (Å²) in [5, 5.41) is 8.89. The molecule has 0 atom stereocenters. The van der Waals surface area contributed by atoms with E-state index in [0.29, 0.717) is 0 Å². The Hall–Kier alpha value is -2.31. The van der Waals surface area contributed by atoms with E-state index in [1.807, 2.05) is 30.5 Å². The Labute approximate surface area is 147 Å². The van der Waals surface area contributed by atoms with Crippen LogP contribution >= 0.6 is 0 Å². The van der Waals surface area contributed by atoms with Crippen LogP contribution in [0.4, 0.5) is 0 Å². The van der Waals surface area contributed by atoms with E-state index in [0.717, 1.165) is 27.5 Å². The Morgan fingerprint density at radius 3 is 2.32 bits per heavy atom. The summed E-state index contributed by atoms with van der Waals surface area (Å²) in [6, 6.07) is 10.1. The summed E-state index contributed by atoms with van der Waals surface area (Å²) >= 11 is 0. The molecule has 0 spiro atoms. The highest BCUT2D eigenvalue weighted by atomic mass is 16.7. The Kier molecular flexibility index (Phi) is 3.63. The van der Waals surface area contributed by atoms with Gasteiger partial charge >= 0.3 is 7.12 Å². The third kappa shape index (κ3) is 2.71. The molecule has 25 heavy (non-hydrogen) atoms. The summed E-state index contributed by atoms with van der Waals surface area (Å²) in [6.45, 7) is 8.24. The first-order valence-corrected chi connectivity index (χ1v) is 8.39. The zero-order valence-corrected chi connectivity index (χ0v) is 14.9. The van der Waals surface area contributed by atoms with Crippen LogP contribution in [0, 0.1) is 0 Å². The average molecular weight is 333 g/mol. The van der Waals surface area contributed by atoms with Crippen molar-refractivity contribution in [2.75, 3.05) is 0 Å². The monoisotopic (exact) mass is 333 g/mol. The van der Waals surface area contributed by atoms with Crippen LogP contribution in [-0.4, -0.2) is 33.5 Å². The van der Waals surface area contributed by atoms with Crippen molar-refractivity contribution in [1.29, 1.82) is 0 Å². The molecule has 3 heterocycles. The molecule has 3 aromatic rings. The lowest BCUT2D eigenvalue weighted by molar-refractivity contribution is 0.00578. The third-order valence-electron chi connectivity index (χ3n) is 5.19. The van der Waals surface area contributed by atoms with E-state index in [-0.39, 0.29) is 11.2 Å². The molecule has 1 saturated heterocycles. The molecule has 6 heteroatoms. The van der Waals surface area contributed by atoms with E-state index in [9.17, 15) is 0 Å². The van der Waals surface area contributed by atoms with Crippen molar-refractivity contribution in [3.8, 4) is 11.1 Å². The number of hydrogen-bond donors (Lipinski definition) is 0. The van der Waals surface area contributed by atoms with Gasteiger partial charge in [0.25, 0.3) is 0 Å². The smallest absolute Gasteiger partial charge is 0.399 e. The molecular weight excluding hydrogens is 313 g/mol. The Balaban J connectivity index is 1.81. The molecule has 0 amide bonds. The molecule has 1 aromatic carbocycles. The second-order valence-corrected chi connectivity index (χ2v) is 7.35. The summed E-state index contributed by atoms with van der Waals surface area (Å²) in [4.78, 5) is 4.47. The topological polar surface area (TPSA) is 57.1 Å². The number of pyridine rings is 1. The zero-order valence-electron chi connectivity index (χ0n) is 14.9. The van der Waals surface area contributed by atoms with Crippen LogP contribution in [0.25, 0.3) is 22.0 Å². The first-order valence-electron chi connectivity index (χ1n) is 8.39. The van der Waals surface area contributed by atoms with Gasteiger partial charge in [-0.15, -0.1) is 0 Å². The van der Waals surface area contributed by atoms with Gasteiger partial charge in [0.15, 0.2) is 0 Å². The molecule has 1 fully saturated rings. The molecule has 126 valence electrons. The van der Waals surface area contributed by atoms with E-state index in [1.54, 1.807) is 12.4 Å². The molecule has 0 N–H and O–H groups in total. The maximum absolute atomic E-state index is 6.18. The van der Waals surface area contributed by atoms with Crippen LogP contribution in [0.5, 0.6) is 0 Å². The zero-order chi connectivity index (χ0) is 17.7. The van der Waals surface area contributed by atoms with Gasteiger partial charge in [-0.25, -0.2) is 0 Å². The van der Waals surface area contributed by atoms with E-state index < -0.39 is 7.12 Å². The second-order valence-electron chi connectivity index (χ2n) is 7.35. The quantitative estimate of drug-likeness (QED) is 0.675. The summed E-state index contributed by atoms with van der Waals surface area (Å²) in [5.74, 6) is 0. The highest BCUT2D eigenvalue weighted by Crippen LogP contribution is 2.37. The van der Waals surface area contributed by atoms with Gasteiger partial charge in [-0.3, -0.25) is 4.98 Å². The van der Waals surface area contributed by atoms with Gasteiger partial charge < -0.3 is 9.31 Å². The third-order valence-corrected chi connectivity index (χ3v) is 5.19. The van der Waals surface area contributed by atoms with Crippen molar-refractivity contribution in [3.05, 3.63) is 48.9 Å². The molecule has 5 nitrogen and oxygen atoms in total. The van der Waals surface area contributed by atoms with Gasteiger partial charge in [-0.1, -0.05) is 12.1 Å². The van der Waals surface area contributed by atoms with E-state index >= 15 is 0 Å². The van der Waals surface area contributed by atoms with Gasteiger partial charge in [0.05, 0.1) is 29.1 Å². The van der Waals surface area contributed by atoms with Crippen LogP contribution in [0.2, 0.25) is 0 Å². The van der Waals surface area contributed by atoms with Gasteiger partial charge in [0, 0.05) is 17.1 Å². The van der Waals surface area contributed by atoms with Crippen LogP contribution in [0.3, 0.4) is 0 Å². The van der Waals surface area contributed by atoms with Crippen molar-refractivity contribution in [1.82, 2.24) is 15.2 Å². The van der Waals surface area contributed by atoms with Gasteiger partial charge in [-0.2, -0.15) is 10.2 Å². The lowest BCUT2D eigenvalue weighted by Gasteiger charge is -2.32. The van der Waals surface area contributed by atoms with Crippen molar-refractivity contribution < 1.29 is 9.31 Å². The van der Waals surface area contributed by atoms with Crippen molar-refractivity contribution in [2.45, 2.75) is 38.9 Å². The lowest BCUT2D eigenvalue weighted by Crippen LogP contribution is -2.41. The number of fused-ring (bicyclic) bond motifs is 1. The molecular formula is C19H20BN3O2. The van der Waals surface area contributed by atoms with Gasteiger partial charge in [0.2, 0.25) is 0 Å². The summed E-state index contributed by atoms with van der Waals surface area (Å²) in [7, 11) is -0.391. The largest absolute Gasteiger partial charge is 0.494 e. The highest BCUT2D eigenvalue weighted by Gasteiger charge is 2.51. The SMILES string of the molecule is CC1(C)OB(c2ccc3nccc(-c4ccnnc4)c3c2)OC1(C)C. The number of hydrogen-bond acceptors (Lipinski definition) is 5. The molecule has 1 aliphatic rings. The molecule has 2 aromatic heterocycles. The number of benzene rings is 1. The Morgan fingerprint density at radius 1 is 0.880 bits per heavy atom. The molecule has 0 bridgehead atoms. The maximum atomic E-state index is 6.18. The molecule has 0 aliphatic carbocycles. The minimum atomic E-state index is -0.391. The molecule has 0 unspecified atom stereocenters. The minimum absolute atomic E-state index is 0.362. The predicted molar refractivity (Wildman–Crippen MR) is 98.5 cm³/mol. The van der Waals surface area contributed by atoms with E-state index in [1.165, 1.54) is 0 Å². The van der Waals surface area contributed by atoms with Crippen molar-refractivity contribution in [3.63, 3.8) is 0 Å². The van der Waals surface area contributed by atoms with Crippen LogP contribution in [0.15, 0.2) is 48.9 Å². The standard InChI is InChI=1S/C19H20BN3O2/c1-18(2)19(3,4)25-20(24-18)14-5-6-17-16(11-14)15(8-9-21-17)13-7-10-22-23-12-13/h5-12H,1-4H3. The van der Waals surface area contributed by atoms with Crippen LogP contribution < -0.4 is 5.46 Å². The van der Waals surface area contributed by atoms with Gasteiger partial charge in [0.1, 0.15) is 0 Å². The van der Waals surface area contributed by atoms with Crippen molar-refractivity contribution in [2.24, 2.45) is 0 Å². The predicted octanol–water partition coefficient (Wildman–Crippen LogP) is 2.99. The molecule has 0 saturated carbocycles. The first kappa shape index (κ1) is 16.2. The van der Waals surface area contributed by atoms with Gasteiger partial charge in [-0.05, 0) is 56.9 Å². The maximum Gasteiger partial charge on any atom is 0.494 e. The number of aromatic nitrogens is 3. The minimum Gasteiger partial charge on any atom is -0.399 e. The highest BCUT2D eigenvalue weighted by molar-refractivity contribution is 6.62. The first-order chi connectivity index (χ1) is 11.9. The second kappa shape index (κ2) is 5.61. The fraction of sp³-hybridized carbons (Fsp3) is 0.316. The fourth-order valence-electron chi connectivity index (χ4n) is 2.99. The van der Waals surface area contributed by atoms with Crippen molar-refractivity contribution >= 4 is 23.5 Å². The Bertz CT molecular complexity index is 912. The molecule has 1 aliphatic heterocycles. The molecule has 4 rings (SSSR count). The molecule has 0 radical (unpaired) electrons. The fourth-order valence-corrected chi connectivity index (χ4v) is 2.99. The van der Waals surface area contributed by atoms with E-state index in [4.69, 9.17) is 9.31 Å². The van der Waals surface area contributed by atoms with Crippen LogP contribution in [0.1, 0.15) is 27.7 Å². The number of nitrogens with zero attached hydrogens (tertiary/aromatic N) is 3.